The standard InChI is InChI=1S/C23H37N3O6/c1-21(2,3)32-20(30)26-13-23(8-7-9-23)12-16(26)18(28)24-15(19(29)31-6)10-14-11-22(4,5)25-17(14)27/h14-16H,7-13H2,1-6H3,(H,24,28)(H,25,27)/t14-,15+,16?/m1/s1. The number of hydrogen-bond acceptors (Lipinski definition) is 6. The first-order valence-electron chi connectivity index (χ1n) is 11.4. The lowest BCUT2D eigenvalue weighted by atomic mass is 9.67. The van der Waals surface area contributed by atoms with Crippen LogP contribution < -0.4 is 10.6 Å². The van der Waals surface area contributed by atoms with Crippen molar-refractivity contribution in [1.29, 1.82) is 0 Å². The van der Waals surface area contributed by atoms with E-state index < -0.39 is 41.6 Å². The van der Waals surface area contributed by atoms with E-state index in [0.29, 0.717) is 19.4 Å². The number of amides is 3. The monoisotopic (exact) mass is 451 g/mol. The summed E-state index contributed by atoms with van der Waals surface area (Å²) in [6.45, 7) is 9.68. The van der Waals surface area contributed by atoms with E-state index in [1.807, 2.05) is 13.8 Å². The molecule has 2 N–H and O–H groups in total. The van der Waals surface area contributed by atoms with E-state index >= 15 is 0 Å². The molecule has 2 saturated heterocycles. The smallest absolute Gasteiger partial charge is 0.410 e. The van der Waals surface area contributed by atoms with Gasteiger partial charge in [0.05, 0.1) is 7.11 Å². The second kappa shape index (κ2) is 8.56. The molecule has 2 aliphatic heterocycles. The number of methoxy groups -OCH3 is 1. The fourth-order valence-corrected chi connectivity index (χ4v) is 5.14. The van der Waals surface area contributed by atoms with Gasteiger partial charge in [0.25, 0.3) is 0 Å². The lowest BCUT2D eigenvalue weighted by molar-refractivity contribution is -0.146. The normalized spacial score (nSPS) is 26.8. The number of esters is 1. The average molecular weight is 452 g/mol. The molecule has 0 aromatic heterocycles. The van der Waals surface area contributed by atoms with E-state index in [1.54, 1.807) is 20.8 Å². The Morgan fingerprint density at radius 2 is 1.88 bits per heavy atom. The van der Waals surface area contributed by atoms with Gasteiger partial charge >= 0.3 is 12.1 Å². The summed E-state index contributed by atoms with van der Waals surface area (Å²) in [4.78, 5) is 52.4. The van der Waals surface area contributed by atoms with Crippen LogP contribution in [0.15, 0.2) is 0 Å². The highest BCUT2D eigenvalue weighted by Crippen LogP contribution is 2.50. The van der Waals surface area contributed by atoms with E-state index in [1.165, 1.54) is 12.0 Å². The van der Waals surface area contributed by atoms with Crippen molar-refractivity contribution in [2.45, 2.75) is 96.4 Å². The second-order valence-corrected chi connectivity index (χ2v) is 11.3. The Morgan fingerprint density at radius 3 is 2.34 bits per heavy atom. The van der Waals surface area contributed by atoms with E-state index in [0.717, 1.165) is 19.3 Å². The van der Waals surface area contributed by atoms with Gasteiger partial charge in [-0.1, -0.05) is 6.42 Å². The minimum absolute atomic E-state index is 0.0605. The summed E-state index contributed by atoms with van der Waals surface area (Å²) in [6, 6.07) is -1.68. The molecule has 9 nitrogen and oxygen atoms in total. The number of likely N-dealkylation sites (tertiary alicyclic amines) is 1. The molecule has 3 rings (SSSR count). The topological polar surface area (TPSA) is 114 Å². The van der Waals surface area contributed by atoms with Gasteiger partial charge in [-0.15, -0.1) is 0 Å². The van der Waals surface area contributed by atoms with Crippen LogP contribution in [0, 0.1) is 11.3 Å². The molecule has 3 atom stereocenters. The van der Waals surface area contributed by atoms with Crippen LogP contribution in [0.3, 0.4) is 0 Å². The van der Waals surface area contributed by atoms with Crippen molar-refractivity contribution < 1.29 is 28.7 Å². The lowest BCUT2D eigenvalue weighted by Gasteiger charge is -2.37. The van der Waals surface area contributed by atoms with Gasteiger partial charge in [0.1, 0.15) is 17.7 Å². The van der Waals surface area contributed by atoms with Crippen LogP contribution in [-0.2, 0) is 23.9 Å². The number of nitrogens with one attached hydrogen (secondary N) is 2. The largest absolute Gasteiger partial charge is 0.467 e. The molecule has 180 valence electrons. The SMILES string of the molecule is COC(=O)[C@H](C[C@@H]1CC(C)(C)NC1=O)NC(=O)C1CC2(CCC2)CN1C(=O)OC(C)(C)C. The first-order valence-corrected chi connectivity index (χ1v) is 11.4. The zero-order chi connectivity index (χ0) is 23.9. The van der Waals surface area contributed by atoms with E-state index in [9.17, 15) is 19.2 Å². The summed E-state index contributed by atoms with van der Waals surface area (Å²) in [5.41, 5.74) is -1.10. The van der Waals surface area contributed by atoms with Crippen molar-refractivity contribution >= 4 is 23.9 Å². The number of rotatable bonds is 5. The average Bonchev–Trinajstić information content (AvgIpc) is 3.16. The Labute approximate surface area is 189 Å². The molecule has 0 radical (unpaired) electrons. The Balaban J connectivity index is 1.73. The molecule has 3 amide bonds. The van der Waals surface area contributed by atoms with Gasteiger partial charge in [-0.05, 0) is 72.1 Å². The summed E-state index contributed by atoms with van der Waals surface area (Å²) >= 11 is 0. The maximum atomic E-state index is 13.3. The van der Waals surface area contributed by atoms with Gasteiger partial charge in [-0.3, -0.25) is 14.5 Å². The minimum atomic E-state index is -0.962. The van der Waals surface area contributed by atoms with Crippen molar-refractivity contribution in [1.82, 2.24) is 15.5 Å². The Kier molecular flexibility index (Phi) is 6.50. The van der Waals surface area contributed by atoms with Crippen LogP contribution in [0.4, 0.5) is 4.79 Å². The Morgan fingerprint density at radius 1 is 1.22 bits per heavy atom. The fraction of sp³-hybridized carbons (Fsp3) is 0.826. The third kappa shape index (κ3) is 5.35. The van der Waals surface area contributed by atoms with Crippen molar-refractivity contribution in [2.75, 3.05) is 13.7 Å². The molecule has 1 unspecified atom stereocenters. The first-order chi connectivity index (χ1) is 14.7. The van der Waals surface area contributed by atoms with Crippen LogP contribution in [-0.4, -0.2) is 65.7 Å². The molecular weight excluding hydrogens is 414 g/mol. The number of hydrogen-bond donors (Lipinski definition) is 2. The Bertz CT molecular complexity index is 783. The van der Waals surface area contributed by atoms with E-state index in [4.69, 9.17) is 9.47 Å². The highest BCUT2D eigenvalue weighted by molar-refractivity contribution is 5.91. The van der Waals surface area contributed by atoms with E-state index in [-0.39, 0.29) is 23.3 Å². The predicted octanol–water partition coefficient (Wildman–Crippen LogP) is 2.13. The van der Waals surface area contributed by atoms with Crippen molar-refractivity contribution in [2.24, 2.45) is 11.3 Å². The molecule has 1 spiro atoms. The maximum absolute atomic E-state index is 13.3. The van der Waals surface area contributed by atoms with Gasteiger partial charge in [0.2, 0.25) is 11.8 Å². The molecule has 0 bridgehead atoms. The van der Waals surface area contributed by atoms with Crippen LogP contribution in [0.25, 0.3) is 0 Å². The van der Waals surface area contributed by atoms with Gasteiger partial charge in [0, 0.05) is 18.0 Å². The van der Waals surface area contributed by atoms with Gasteiger partial charge in [-0.25, -0.2) is 9.59 Å². The van der Waals surface area contributed by atoms with Crippen LogP contribution >= 0.6 is 0 Å². The van der Waals surface area contributed by atoms with Crippen molar-refractivity contribution in [3.63, 3.8) is 0 Å². The minimum Gasteiger partial charge on any atom is -0.467 e. The first kappa shape index (κ1) is 24.3. The molecule has 0 aromatic carbocycles. The molecular formula is C23H37N3O6. The summed E-state index contributed by atoms with van der Waals surface area (Å²) in [5.74, 6) is -1.55. The van der Waals surface area contributed by atoms with Crippen LogP contribution in [0.2, 0.25) is 0 Å². The second-order valence-electron chi connectivity index (χ2n) is 11.3. The molecule has 32 heavy (non-hydrogen) atoms. The van der Waals surface area contributed by atoms with Crippen molar-refractivity contribution in [3.05, 3.63) is 0 Å². The predicted molar refractivity (Wildman–Crippen MR) is 117 cm³/mol. The molecule has 1 aliphatic carbocycles. The number of carbonyl (C=O) groups excluding carboxylic acids is 4. The lowest BCUT2D eigenvalue weighted by Crippen LogP contribution is -2.52. The zero-order valence-electron chi connectivity index (χ0n) is 20.1. The molecule has 3 aliphatic rings. The molecule has 9 heteroatoms. The third-order valence-corrected chi connectivity index (χ3v) is 6.76. The van der Waals surface area contributed by atoms with Crippen LogP contribution in [0.5, 0.6) is 0 Å². The maximum Gasteiger partial charge on any atom is 0.410 e. The highest BCUT2D eigenvalue weighted by atomic mass is 16.6. The van der Waals surface area contributed by atoms with E-state index in [2.05, 4.69) is 10.6 Å². The summed E-state index contributed by atoms with van der Waals surface area (Å²) in [5, 5.41) is 5.69. The molecule has 1 saturated carbocycles. The van der Waals surface area contributed by atoms with Crippen molar-refractivity contribution in [3.8, 4) is 0 Å². The molecule has 2 heterocycles. The zero-order valence-corrected chi connectivity index (χ0v) is 20.1. The van der Waals surface area contributed by atoms with Gasteiger partial charge in [0.15, 0.2) is 0 Å². The third-order valence-electron chi connectivity index (χ3n) is 6.76. The summed E-state index contributed by atoms with van der Waals surface area (Å²) < 4.78 is 10.4. The number of nitrogens with zero attached hydrogens (tertiary/aromatic N) is 1. The highest BCUT2D eigenvalue weighted by Gasteiger charge is 2.53. The molecule has 0 aromatic rings. The van der Waals surface area contributed by atoms with Gasteiger partial charge in [-0.2, -0.15) is 0 Å². The summed E-state index contributed by atoms with van der Waals surface area (Å²) in [6.07, 6.45) is 3.75. The van der Waals surface area contributed by atoms with Gasteiger partial charge < -0.3 is 20.1 Å². The van der Waals surface area contributed by atoms with Crippen LogP contribution in [0.1, 0.15) is 73.1 Å². The number of ether oxygens (including phenoxy) is 2. The quantitative estimate of drug-likeness (QED) is 0.619. The summed E-state index contributed by atoms with van der Waals surface area (Å²) in [7, 11) is 1.26. The molecule has 3 fully saturated rings. The number of carbonyl (C=O) groups is 4. The fourth-order valence-electron chi connectivity index (χ4n) is 5.14. The Hall–Kier alpha value is -2.32.